The third-order valence-electron chi connectivity index (χ3n) is 6.98. The highest BCUT2D eigenvalue weighted by Crippen LogP contribution is 2.60. The van der Waals surface area contributed by atoms with Gasteiger partial charge >= 0.3 is 0 Å². The van der Waals surface area contributed by atoms with Gasteiger partial charge in [0.1, 0.15) is 0 Å². The van der Waals surface area contributed by atoms with Gasteiger partial charge in [-0.3, -0.25) is 0 Å². The molecule has 4 heteroatoms. The summed E-state index contributed by atoms with van der Waals surface area (Å²) >= 11 is 0. The van der Waals surface area contributed by atoms with Crippen LogP contribution in [0, 0.1) is 10.8 Å². The molecule has 2 rings (SSSR count). The Morgan fingerprint density at radius 3 is 1.40 bits per heavy atom. The Kier molecular flexibility index (Phi) is 7.59. The minimum Gasteiger partial charge on any atom is -0.211 e. The number of nitrogens with zero attached hydrogens (tertiary/aromatic N) is 2. The molecule has 0 N–H and O–H groups in total. The van der Waals surface area contributed by atoms with Crippen molar-refractivity contribution in [3.8, 4) is 0 Å². The maximum atomic E-state index is 11.4. The van der Waals surface area contributed by atoms with Crippen molar-refractivity contribution >= 4 is 23.5 Å². The van der Waals surface area contributed by atoms with Crippen molar-refractivity contribution in [2.24, 2.45) is 20.8 Å². The van der Waals surface area contributed by atoms with Gasteiger partial charge in [0, 0.05) is 5.41 Å². The number of carbonyl (C=O) groups excluding carboxylic acids is 2. The predicted octanol–water partition coefficient (Wildman–Crippen LogP) is 8.59. The first-order valence-corrected chi connectivity index (χ1v) is 12.3. The molecule has 0 fully saturated rings. The van der Waals surface area contributed by atoms with Crippen LogP contribution in [-0.2, 0) is 25.8 Å². The van der Waals surface area contributed by atoms with E-state index in [0.717, 1.165) is 11.1 Å². The maximum Gasteiger partial charge on any atom is 0.240 e. The quantitative estimate of drug-likeness (QED) is 0.329. The van der Waals surface area contributed by atoms with Gasteiger partial charge in [-0.1, -0.05) is 101 Å². The highest BCUT2D eigenvalue weighted by atomic mass is 16.1. The fourth-order valence-electron chi connectivity index (χ4n) is 6.38. The number of isocyanates is 2. The predicted molar refractivity (Wildman–Crippen MR) is 146 cm³/mol. The second-order valence-electron chi connectivity index (χ2n) is 13.6. The first-order valence-electron chi connectivity index (χ1n) is 12.3. The van der Waals surface area contributed by atoms with Crippen LogP contribution in [-0.4, -0.2) is 12.2 Å². The molecule has 0 aliphatic rings. The molecule has 0 spiro atoms. The molecular weight excluding hydrogens is 432 g/mol. The summed E-state index contributed by atoms with van der Waals surface area (Å²) in [6, 6.07) is 12.1. The first-order chi connectivity index (χ1) is 15.8. The van der Waals surface area contributed by atoms with E-state index in [1.807, 2.05) is 18.2 Å². The van der Waals surface area contributed by atoms with Crippen LogP contribution in [0.4, 0.5) is 11.4 Å². The van der Waals surface area contributed by atoms with E-state index < -0.39 is 5.41 Å². The van der Waals surface area contributed by atoms with Gasteiger partial charge in [0.05, 0.1) is 11.4 Å². The smallest absolute Gasteiger partial charge is 0.211 e. The lowest BCUT2D eigenvalue weighted by atomic mass is 9.46. The summed E-state index contributed by atoms with van der Waals surface area (Å²) in [6.07, 6.45) is 3.42. The highest BCUT2D eigenvalue weighted by molar-refractivity contribution is 5.65. The van der Waals surface area contributed by atoms with Crippen LogP contribution in [0.15, 0.2) is 46.4 Å². The Labute approximate surface area is 212 Å². The number of benzene rings is 2. The lowest BCUT2D eigenvalue weighted by Crippen LogP contribution is -2.52. The molecule has 4 nitrogen and oxygen atoms in total. The average molecular weight is 475 g/mol. The molecule has 0 heterocycles. The Balaban J connectivity index is 3.29. The van der Waals surface area contributed by atoms with Crippen molar-refractivity contribution in [3.05, 3.63) is 58.7 Å². The summed E-state index contributed by atoms with van der Waals surface area (Å²) in [4.78, 5) is 30.2. The van der Waals surface area contributed by atoms with Crippen LogP contribution in [0.1, 0.15) is 105 Å². The summed E-state index contributed by atoms with van der Waals surface area (Å²) in [6.45, 7) is 26.9. The van der Waals surface area contributed by atoms with Crippen molar-refractivity contribution in [1.82, 2.24) is 0 Å². The maximum absolute atomic E-state index is 11.4. The van der Waals surface area contributed by atoms with Gasteiger partial charge in [-0.25, -0.2) is 9.59 Å². The fourth-order valence-corrected chi connectivity index (χ4v) is 6.38. The van der Waals surface area contributed by atoms with Crippen molar-refractivity contribution in [1.29, 1.82) is 0 Å². The van der Waals surface area contributed by atoms with Crippen molar-refractivity contribution in [3.63, 3.8) is 0 Å². The zero-order valence-electron chi connectivity index (χ0n) is 23.7. The molecular formula is C31H42N2O2. The van der Waals surface area contributed by atoms with Gasteiger partial charge in [0.2, 0.25) is 12.2 Å². The Hall–Kier alpha value is -2.80. The molecule has 0 radical (unpaired) electrons. The molecule has 2 aromatic carbocycles. The van der Waals surface area contributed by atoms with Crippen LogP contribution in [0.25, 0.3) is 0 Å². The monoisotopic (exact) mass is 474 g/mol. The van der Waals surface area contributed by atoms with Gasteiger partial charge in [-0.15, -0.1) is 0 Å². The minimum absolute atomic E-state index is 0.203. The summed E-state index contributed by atoms with van der Waals surface area (Å²) in [5.74, 6) is 0. The molecule has 188 valence electrons. The van der Waals surface area contributed by atoms with Gasteiger partial charge in [-0.05, 0) is 62.1 Å². The van der Waals surface area contributed by atoms with Crippen molar-refractivity contribution in [2.45, 2.75) is 99.3 Å². The standard InChI is InChI=1S/C31H42N2O2/c1-27(2,3)25-23(17-18-24(33-20-35)26(25)28(4,5)6)31(29(7,8)9,30(10,11)12)21-13-15-22(16-14-21)32-19-34/h13-18H,1-12H3. The molecule has 0 aliphatic heterocycles. The first kappa shape index (κ1) is 28.4. The number of hydrogen-bond acceptors (Lipinski definition) is 4. The van der Waals surface area contributed by atoms with E-state index in [9.17, 15) is 9.59 Å². The molecule has 0 aliphatic carbocycles. The van der Waals surface area contributed by atoms with E-state index in [4.69, 9.17) is 0 Å². The van der Waals surface area contributed by atoms with Crippen LogP contribution in [0.2, 0.25) is 0 Å². The van der Waals surface area contributed by atoms with Gasteiger partial charge in [0.25, 0.3) is 0 Å². The van der Waals surface area contributed by atoms with Crippen LogP contribution >= 0.6 is 0 Å². The molecule has 35 heavy (non-hydrogen) atoms. The van der Waals surface area contributed by atoms with E-state index in [1.165, 1.54) is 11.1 Å². The summed E-state index contributed by atoms with van der Waals surface area (Å²) in [5, 5.41) is 0. The summed E-state index contributed by atoms with van der Waals surface area (Å²) in [7, 11) is 0. The van der Waals surface area contributed by atoms with Gasteiger partial charge in [-0.2, -0.15) is 9.98 Å². The lowest BCUT2D eigenvalue weighted by molar-refractivity contribution is 0.0887. The Morgan fingerprint density at radius 2 is 1.03 bits per heavy atom. The molecule has 0 unspecified atom stereocenters. The van der Waals surface area contributed by atoms with Gasteiger partial charge in [0.15, 0.2) is 0 Å². The Morgan fingerprint density at radius 1 is 0.571 bits per heavy atom. The van der Waals surface area contributed by atoms with Crippen molar-refractivity contribution < 1.29 is 9.59 Å². The van der Waals surface area contributed by atoms with Crippen LogP contribution < -0.4 is 0 Å². The third-order valence-corrected chi connectivity index (χ3v) is 6.98. The molecule has 0 saturated heterocycles. The van der Waals surface area contributed by atoms with E-state index in [1.54, 1.807) is 12.2 Å². The lowest BCUT2D eigenvalue weighted by Gasteiger charge is -2.56. The third kappa shape index (κ3) is 5.10. The van der Waals surface area contributed by atoms with E-state index in [2.05, 4.69) is 111 Å². The molecule has 0 aromatic heterocycles. The van der Waals surface area contributed by atoms with E-state index in [0.29, 0.717) is 11.4 Å². The van der Waals surface area contributed by atoms with Crippen molar-refractivity contribution in [2.75, 3.05) is 0 Å². The zero-order chi connectivity index (χ0) is 27.0. The number of rotatable bonds is 4. The molecule has 0 bridgehead atoms. The highest BCUT2D eigenvalue weighted by Gasteiger charge is 2.55. The zero-order valence-corrected chi connectivity index (χ0v) is 23.7. The minimum atomic E-state index is -0.435. The SMILES string of the molecule is CC(C)(C)c1c(N=C=O)ccc(C(c2ccc(N=C=O)cc2)(C(C)(C)C)C(C)(C)C)c1C(C)(C)C. The largest absolute Gasteiger partial charge is 0.240 e. The Bertz CT molecular complexity index is 1150. The van der Waals surface area contributed by atoms with E-state index in [-0.39, 0.29) is 21.7 Å². The van der Waals surface area contributed by atoms with Crippen LogP contribution in [0.5, 0.6) is 0 Å². The molecule has 0 saturated carbocycles. The molecule has 2 aromatic rings. The van der Waals surface area contributed by atoms with Gasteiger partial charge < -0.3 is 0 Å². The van der Waals surface area contributed by atoms with E-state index >= 15 is 0 Å². The molecule has 0 amide bonds. The fraction of sp³-hybridized carbons (Fsp3) is 0.548. The van der Waals surface area contributed by atoms with Crippen LogP contribution in [0.3, 0.4) is 0 Å². The topological polar surface area (TPSA) is 58.9 Å². The number of hydrogen-bond donors (Lipinski definition) is 0. The normalized spacial score (nSPS) is 13.1. The average Bonchev–Trinajstić information content (AvgIpc) is 2.67. The second-order valence-corrected chi connectivity index (χ2v) is 13.6. The summed E-state index contributed by atoms with van der Waals surface area (Å²) in [5.41, 5.74) is 4.61. The number of aliphatic imine (C=N–C) groups is 2. The molecule has 0 atom stereocenters. The summed E-state index contributed by atoms with van der Waals surface area (Å²) < 4.78 is 0. The second kappa shape index (κ2) is 9.34.